The summed E-state index contributed by atoms with van der Waals surface area (Å²) < 4.78 is 0. The summed E-state index contributed by atoms with van der Waals surface area (Å²) in [6.45, 7) is 6.18. The average molecular weight is 301 g/mol. The van der Waals surface area contributed by atoms with Gasteiger partial charge in [0.2, 0.25) is 5.91 Å². The van der Waals surface area contributed by atoms with Crippen molar-refractivity contribution in [1.29, 1.82) is 0 Å². The number of amides is 1. The first-order valence-electron chi connectivity index (χ1n) is 8.67. The van der Waals surface area contributed by atoms with Crippen LogP contribution in [0.5, 0.6) is 0 Å². The van der Waals surface area contributed by atoms with Crippen molar-refractivity contribution in [1.82, 2.24) is 0 Å². The van der Waals surface area contributed by atoms with Crippen LogP contribution in [0.2, 0.25) is 0 Å². The Hall–Kier alpha value is -1.35. The van der Waals surface area contributed by atoms with Crippen LogP contribution in [-0.2, 0) is 4.79 Å². The minimum atomic E-state index is -0.391. The second-order valence-electron chi connectivity index (χ2n) is 6.97. The third kappa shape index (κ3) is 2.45. The van der Waals surface area contributed by atoms with Crippen LogP contribution in [0.15, 0.2) is 6.07 Å². The van der Waals surface area contributed by atoms with Crippen LogP contribution in [-0.4, -0.2) is 11.0 Å². The van der Waals surface area contributed by atoms with E-state index in [4.69, 9.17) is 0 Å². The van der Waals surface area contributed by atoms with Gasteiger partial charge in [0.05, 0.1) is 12.0 Å². The molecule has 1 saturated carbocycles. The number of hydrogen-bond acceptors (Lipinski definition) is 2. The second kappa shape index (κ2) is 6.04. The molecule has 0 saturated heterocycles. The van der Waals surface area contributed by atoms with Crippen molar-refractivity contribution in [3.8, 4) is 0 Å². The van der Waals surface area contributed by atoms with Gasteiger partial charge in [0, 0.05) is 5.69 Å². The number of hydrogen-bond donors (Lipinski definition) is 2. The third-order valence-electron chi connectivity index (χ3n) is 5.73. The van der Waals surface area contributed by atoms with Gasteiger partial charge in [-0.05, 0) is 61.3 Å². The van der Waals surface area contributed by atoms with Crippen LogP contribution >= 0.6 is 0 Å². The molecule has 0 bridgehead atoms. The molecule has 1 aliphatic carbocycles. The number of anilines is 1. The fraction of sp³-hybridized carbons (Fsp3) is 0.632. The minimum absolute atomic E-state index is 0.0633. The molecule has 1 heterocycles. The first-order chi connectivity index (χ1) is 10.5. The molecule has 120 valence electrons. The van der Waals surface area contributed by atoms with Gasteiger partial charge in [0.1, 0.15) is 0 Å². The molecule has 1 aromatic carbocycles. The van der Waals surface area contributed by atoms with Gasteiger partial charge in [-0.25, -0.2) is 0 Å². The predicted octanol–water partition coefficient (Wildman–Crippen LogP) is 4.36. The molecule has 2 N–H and O–H groups in total. The Morgan fingerprint density at radius 3 is 2.55 bits per heavy atom. The maximum atomic E-state index is 12.1. The molecule has 2 atom stereocenters. The standard InChI is InChI=1S/C19H27NO2/c1-4-14-16-10-15(18(21)13-8-6-5-7-9-13)11(2)12(3)17(16)20-19(14)22/h10,13-14,18,21H,4-9H2,1-3H3,(H,20,22). The first kappa shape index (κ1) is 15.5. The van der Waals surface area contributed by atoms with Crippen LogP contribution in [0.4, 0.5) is 5.69 Å². The van der Waals surface area contributed by atoms with Gasteiger partial charge in [-0.3, -0.25) is 4.79 Å². The Kier molecular flexibility index (Phi) is 4.26. The first-order valence-corrected chi connectivity index (χ1v) is 8.67. The van der Waals surface area contributed by atoms with Crippen molar-refractivity contribution < 1.29 is 9.90 Å². The van der Waals surface area contributed by atoms with Crippen LogP contribution in [0, 0.1) is 19.8 Å². The van der Waals surface area contributed by atoms with E-state index >= 15 is 0 Å². The molecule has 0 spiro atoms. The summed E-state index contributed by atoms with van der Waals surface area (Å²) in [7, 11) is 0. The molecule has 2 unspecified atom stereocenters. The summed E-state index contributed by atoms with van der Waals surface area (Å²) in [5.41, 5.74) is 5.35. The van der Waals surface area contributed by atoms with E-state index in [0.717, 1.165) is 47.2 Å². The van der Waals surface area contributed by atoms with Crippen molar-refractivity contribution in [2.75, 3.05) is 5.32 Å². The molecule has 3 rings (SSSR count). The second-order valence-corrected chi connectivity index (χ2v) is 6.97. The monoisotopic (exact) mass is 301 g/mol. The lowest BCUT2D eigenvalue weighted by Crippen LogP contribution is -2.17. The van der Waals surface area contributed by atoms with Crippen LogP contribution in [0.1, 0.15) is 79.7 Å². The molecule has 3 nitrogen and oxygen atoms in total. The van der Waals surface area contributed by atoms with Gasteiger partial charge < -0.3 is 10.4 Å². The Labute approximate surface area is 133 Å². The number of rotatable bonds is 3. The molecule has 1 aromatic rings. The van der Waals surface area contributed by atoms with E-state index in [2.05, 4.69) is 25.2 Å². The third-order valence-corrected chi connectivity index (χ3v) is 5.73. The molecule has 0 radical (unpaired) electrons. The van der Waals surface area contributed by atoms with Crippen molar-refractivity contribution >= 4 is 11.6 Å². The molecular weight excluding hydrogens is 274 g/mol. The fourth-order valence-electron chi connectivity index (χ4n) is 4.18. The normalized spacial score (nSPS) is 23.3. The van der Waals surface area contributed by atoms with E-state index in [-0.39, 0.29) is 11.8 Å². The van der Waals surface area contributed by atoms with Crippen molar-refractivity contribution in [3.05, 3.63) is 28.3 Å². The van der Waals surface area contributed by atoms with Gasteiger partial charge in [0.25, 0.3) is 0 Å². The maximum Gasteiger partial charge on any atom is 0.232 e. The highest BCUT2D eigenvalue weighted by Gasteiger charge is 2.33. The number of carbonyl (C=O) groups excluding carboxylic acids is 1. The topological polar surface area (TPSA) is 49.3 Å². The van der Waals surface area contributed by atoms with Gasteiger partial charge in [-0.2, -0.15) is 0 Å². The lowest BCUT2D eigenvalue weighted by molar-refractivity contribution is -0.117. The highest BCUT2D eigenvalue weighted by molar-refractivity contribution is 6.04. The van der Waals surface area contributed by atoms with Crippen LogP contribution in [0.3, 0.4) is 0 Å². The number of benzene rings is 1. The number of carbonyl (C=O) groups is 1. The Bertz CT molecular complexity index is 588. The molecule has 3 heteroatoms. The lowest BCUT2D eigenvalue weighted by Gasteiger charge is -2.29. The van der Waals surface area contributed by atoms with E-state index in [0.29, 0.717) is 5.92 Å². The smallest absolute Gasteiger partial charge is 0.232 e. The lowest BCUT2D eigenvalue weighted by atomic mass is 9.80. The van der Waals surface area contributed by atoms with Crippen molar-refractivity contribution in [3.63, 3.8) is 0 Å². The summed E-state index contributed by atoms with van der Waals surface area (Å²) in [6, 6.07) is 2.10. The van der Waals surface area contributed by atoms with E-state index < -0.39 is 6.10 Å². The summed E-state index contributed by atoms with van der Waals surface area (Å²) in [5.74, 6) is 0.408. The van der Waals surface area contributed by atoms with Crippen LogP contribution < -0.4 is 5.32 Å². The zero-order valence-electron chi connectivity index (χ0n) is 13.9. The summed E-state index contributed by atoms with van der Waals surface area (Å²) in [5, 5.41) is 13.9. The van der Waals surface area contributed by atoms with E-state index in [1.165, 1.54) is 19.3 Å². The van der Waals surface area contributed by atoms with Crippen LogP contribution in [0.25, 0.3) is 0 Å². The van der Waals surface area contributed by atoms with E-state index in [1.54, 1.807) is 0 Å². The number of aliphatic hydroxyl groups excluding tert-OH is 1. The molecule has 0 aromatic heterocycles. The zero-order chi connectivity index (χ0) is 15.9. The van der Waals surface area contributed by atoms with Crippen molar-refractivity contribution in [2.45, 2.75) is 71.3 Å². The summed E-state index contributed by atoms with van der Waals surface area (Å²) >= 11 is 0. The quantitative estimate of drug-likeness (QED) is 0.871. The largest absolute Gasteiger partial charge is 0.388 e. The van der Waals surface area contributed by atoms with Gasteiger partial charge >= 0.3 is 0 Å². The molecule has 22 heavy (non-hydrogen) atoms. The zero-order valence-corrected chi connectivity index (χ0v) is 13.9. The molecule has 2 aliphatic rings. The highest BCUT2D eigenvalue weighted by Crippen LogP contribution is 2.43. The molecule has 1 fully saturated rings. The summed E-state index contributed by atoms with van der Waals surface area (Å²) in [4.78, 5) is 12.1. The molecular formula is C19H27NO2. The molecule has 1 amide bonds. The van der Waals surface area contributed by atoms with Gasteiger partial charge in [-0.15, -0.1) is 0 Å². The van der Waals surface area contributed by atoms with Gasteiger partial charge in [0.15, 0.2) is 0 Å². The summed E-state index contributed by atoms with van der Waals surface area (Å²) in [6.07, 6.45) is 6.39. The minimum Gasteiger partial charge on any atom is -0.388 e. The highest BCUT2D eigenvalue weighted by atomic mass is 16.3. The fourth-order valence-corrected chi connectivity index (χ4v) is 4.18. The molecule has 1 aliphatic heterocycles. The SMILES string of the molecule is CCC1C(=O)Nc2c1cc(C(O)C1CCCCC1)c(C)c2C. The van der Waals surface area contributed by atoms with E-state index in [1.807, 2.05) is 6.92 Å². The average Bonchev–Trinajstić information content (AvgIpc) is 2.86. The number of aliphatic hydroxyl groups is 1. The van der Waals surface area contributed by atoms with Crippen molar-refractivity contribution in [2.24, 2.45) is 5.92 Å². The number of nitrogens with one attached hydrogen (secondary N) is 1. The Balaban J connectivity index is 2.00. The maximum absolute atomic E-state index is 12.1. The Morgan fingerprint density at radius 1 is 1.23 bits per heavy atom. The van der Waals surface area contributed by atoms with Gasteiger partial charge in [-0.1, -0.05) is 32.3 Å². The van der Waals surface area contributed by atoms with E-state index in [9.17, 15) is 9.90 Å². The predicted molar refractivity (Wildman–Crippen MR) is 89.1 cm³/mol. The number of fused-ring (bicyclic) bond motifs is 1. The Morgan fingerprint density at radius 2 is 1.91 bits per heavy atom.